The molecule has 4 nitrogen and oxygen atoms in total. The Balaban J connectivity index is 1.61. The predicted octanol–water partition coefficient (Wildman–Crippen LogP) is 2.49. The van der Waals surface area contributed by atoms with Gasteiger partial charge < -0.3 is 10.0 Å². The predicted molar refractivity (Wildman–Crippen MR) is 77.3 cm³/mol. The third kappa shape index (κ3) is 2.59. The lowest BCUT2D eigenvalue weighted by Crippen LogP contribution is -2.31. The summed E-state index contributed by atoms with van der Waals surface area (Å²) in [6.07, 6.45) is 1.46. The minimum atomic E-state index is -0.791. The van der Waals surface area contributed by atoms with Crippen molar-refractivity contribution in [2.45, 2.75) is 18.8 Å². The third-order valence-corrected chi connectivity index (χ3v) is 4.78. The van der Waals surface area contributed by atoms with E-state index in [9.17, 15) is 9.59 Å². The quantitative estimate of drug-likeness (QED) is 0.921. The van der Waals surface area contributed by atoms with Gasteiger partial charge in [0.1, 0.15) is 0 Å². The number of aliphatic carboxylic acids is 1. The maximum atomic E-state index is 12.4. The lowest BCUT2D eigenvalue weighted by molar-refractivity contribution is -0.141. The zero-order valence-electron chi connectivity index (χ0n) is 11.0. The number of nitrogens with zero attached hydrogens (tertiary/aromatic N) is 1. The number of carbonyl (C=O) groups is 2. The lowest BCUT2D eigenvalue weighted by atomic mass is 10.1. The van der Waals surface area contributed by atoms with Crippen LogP contribution in [0.4, 0.5) is 0 Å². The molecule has 106 valence electrons. The molecule has 1 aliphatic heterocycles. The van der Waals surface area contributed by atoms with Gasteiger partial charge in [0.05, 0.1) is 5.92 Å². The van der Waals surface area contributed by atoms with Crippen molar-refractivity contribution in [1.82, 2.24) is 4.90 Å². The summed E-state index contributed by atoms with van der Waals surface area (Å²) in [5.41, 5.74) is 1.19. The van der Waals surface area contributed by atoms with Crippen LogP contribution in [0, 0.1) is 11.8 Å². The Bertz CT molecular complexity index is 543. The second-order valence-corrected chi connectivity index (χ2v) is 6.52. The number of rotatable bonds is 3. The summed E-state index contributed by atoms with van der Waals surface area (Å²) in [4.78, 5) is 25.0. The zero-order chi connectivity index (χ0) is 14.3. The largest absolute Gasteiger partial charge is 0.481 e. The summed E-state index contributed by atoms with van der Waals surface area (Å²) in [6, 6.07) is 8.08. The Kier molecular flexibility index (Phi) is 3.54. The Morgan fingerprint density at radius 2 is 1.95 bits per heavy atom. The first-order valence-electron chi connectivity index (χ1n) is 6.83. The summed E-state index contributed by atoms with van der Waals surface area (Å²) < 4.78 is 1.04. The maximum Gasteiger partial charge on any atom is 0.308 e. The summed E-state index contributed by atoms with van der Waals surface area (Å²) >= 11 is 3.40. The van der Waals surface area contributed by atoms with E-state index in [2.05, 4.69) is 15.9 Å². The average molecular weight is 338 g/mol. The third-order valence-electron chi connectivity index (χ3n) is 4.25. The number of halogens is 1. The van der Waals surface area contributed by atoms with E-state index in [0.29, 0.717) is 25.4 Å². The van der Waals surface area contributed by atoms with Crippen molar-refractivity contribution >= 4 is 27.8 Å². The number of carbonyl (C=O) groups excluding carboxylic acids is 1. The van der Waals surface area contributed by atoms with Gasteiger partial charge in [-0.1, -0.05) is 28.1 Å². The molecule has 0 radical (unpaired) electrons. The molecule has 0 unspecified atom stereocenters. The van der Waals surface area contributed by atoms with Crippen molar-refractivity contribution in [3.63, 3.8) is 0 Å². The van der Waals surface area contributed by atoms with Gasteiger partial charge in [0.2, 0.25) is 5.91 Å². The highest BCUT2D eigenvalue weighted by atomic mass is 79.9. The number of carboxylic acids is 1. The van der Waals surface area contributed by atoms with E-state index in [4.69, 9.17) is 5.11 Å². The number of likely N-dealkylation sites (tertiary alicyclic amines) is 1. The van der Waals surface area contributed by atoms with E-state index in [0.717, 1.165) is 10.9 Å². The highest BCUT2D eigenvalue weighted by Gasteiger charge is 2.47. The number of hydrogen-bond donors (Lipinski definition) is 1. The Morgan fingerprint density at radius 3 is 2.55 bits per heavy atom. The highest BCUT2D eigenvalue weighted by molar-refractivity contribution is 9.10. The lowest BCUT2D eigenvalue weighted by Gasteiger charge is -2.15. The van der Waals surface area contributed by atoms with E-state index in [-0.39, 0.29) is 17.7 Å². The molecule has 1 heterocycles. The first-order chi connectivity index (χ1) is 9.56. The van der Waals surface area contributed by atoms with Crippen LogP contribution in [0.25, 0.3) is 0 Å². The number of carboxylic acid groups (broad SMARTS) is 1. The van der Waals surface area contributed by atoms with Crippen LogP contribution in [0.5, 0.6) is 0 Å². The van der Waals surface area contributed by atoms with E-state index in [1.54, 1.807) is 4.90 Å². The molecule has 2 aliphatic rings. The van der Waals surface area contributed by atoms with E-state index in [1.807, 2.05) is 24.3 Å². The van der Waals surface area contributed by atoms with Gasteiger partial charge in [-0.15, -0.1) is 0 Å². The summed E-state index contributed by atoms with van der Waals surface area (Å²) in [5, 5.41) is 8.98. The topological polar surface area (TPSA) is 57.6 Å². The zero-order valence-corrected chi connectivity index (χ0v) is 12.5. The van der Waals surface area contributed by atoms with Crippen molar-refractivity contribution in [3.8, 4) is 0 Å². The second kappa shape index (κ2) is 5.20. The molecular weight excluding hydrogens is 322 g/mol. The van der Waals surface area contributed by atoms with Gasteiger partial charge in [0.15, 0.2) is 0 Å². The van der Waals surface area contributed by atoms with Crippen molar-refractivity contribution < 1.29 is 14.7 Å². The normalized spacial score (nSPS) is 28.4. The van der Waals surface area contributed by atoms with E-state index < -0.39 is 5.97 Å². The molecule has 1 amide bonds. The van der Waals surface area contributed by atoms with Crippen LogP contribution >= 0.6 is 15.9 Å². The van der Waals surface area contributed by atoms with Gasteiger partial charge in [0.25, 0.3) is 0 Å². The fourth-order valence-corrected chi connectivity index (χ4v) is 3.21. The molecule has 2 fully saturated rings. The monoisotopic (exact) mass is 337 g/mol. The first kappa shape index (κ1) is 13.6. The fraction of sp³-hybridized carbons (Fsp3) is 0.467. The molecule has 20 heavy (non-hydrogen) atoms. The van der Waals surface area contributed by atoms with Gasteiger partial charge in [-0.05, 0) is 36.5 Å². The van der Waals surface area contributed by atoms with Crippen LogP contribution < -0.4 is 0 Å². The number of hydrogen-bond acceptors (Lipinski definition) is 2. The van der Waals surface area contributed by atoms with Crippen molar-refractivity contribution in [3.05, 3.63) is 34.3 Å². The molecule has 1 N–H and O–H groups in total. The molecule has 0 bridgehead atoms. The van der Waals surface area contributed by atoms with Crippen molar-refractivity contribution in [2.75, 3.05) is 13.1 Å². The van der Waals surface area contributed by atoms with Gasteiger partial charge in [0, 0.05) is 23.5 Å². The standard InChI is InChI=1S/C15H16BrNO3/c16-11-3-1-9(2-4-11)12-7-13(12)14(18)17-6-5-10(8-17)15(19)20/h1-4,10,12-13H,5-8H2,(H,19,20)/t10-,12-,13+/m1/s1. The molecule has 5 heteroatoms. The second-order valence-electron chi connectivity index (χ2n) is 5.61. The average Bonchev–Trinajstić information content (AvgIpc) is 3.06. The fourth-order valence-electron chi connectivity index (χ4n) is 2.94. The molecule has 1 saturated carbocycles. The molecule has 0 aromatic heterocycles. The summed E-state index contributed by atoms with van der Waals surface area (Å²) in [5.74, 6) is -0.700. The molecule has 1 aromatic carbocycles. The van der Waals surface area contributed by atoms with Crippen LogP contribution in [0.2, 0.25) is 0 Å². The van der Waals surface area contributed by atoms with Gasteiger partial charge in [-0.2, -0.15) is 0 Å². The van der Waals surface area contributed by atoms with Crippen LogP contribution in [0.1, 0.15) is 24.3 Å². The van der Waals surface area contributed by atoms with Crippen molar-refractivity contribution in [1.29, 1.82) is 0 Å². The molecule has 1 aliphatic carbocycles. The number of benzene rings is 1. The smallest absolute Gasteiger partial charge is 0.308 e. The SMILES string of the molecule is O=C(O)[C@@H]1CCN(C(=O)[C@H]2C[C@@H]2c2ccc(Br)cc2)C1. The van der Waals surface area contributed by atoms with Gasteiger partial charge >= 0.3 is 5.97 Å². The molecule has 1 saturated heterocycles. The molecular formula is C15H16BrNO3. The molecule has 3 atom stereocenters. The summed E-state index contributed by atoms with van der Waals surface area (Å²) in [7, 11) is 0. The first-order valence-corrected chi connectivity index (χ1v) is 7.62. The highest BCUT2D eigenvalue weighted by Crippen LogP contribution is 2.49. The van der Waals surface area contributed by atoms with Crippen molar-refractivity contribution in [2.24, 2.45) is 11.8 Å². The molecule has 0 spiro atoms. The molecule has 1 aromatic rings. The Hall–Kier alpha value is -1.36. The van der Waals surface area contributed by atoms with E-state index >= 15 is 0 Å². The summed E-state index contributed by atoms with van der Waals surface area (Å²) in [6.45, 7) is 0.955. The maximum absolute atomic E-state index is 12.4. The Labute approximate surface area is 125 Å². The molecule has 3 rings (SSSR count). The Morgan fingerprint density at radius 1 is 1.25 bits per heavy atom. The minimum absolute atomic E-state index is 0.0451. The van der Waals surface area contributed by atoms with Crippen LogP contribution in [0.15, 0.2) is 28.7 Å². The van der Waals surface area contributed by atoms with E-state index in [1.165, 1.54) is 5.56 Å². The van der Waals surface area contributed by atoms with Crippen LogP contribution in [-0.2, 0) is 9.59 Å². The number of amides is 1. The minimum Gasteiger partial charge on any atom is -0.481 e. The van der Waals surface area contributed by atoms with Crippen LogP contribution in [-0.4, -0.2) is 35.0 Å². The van der Waals surface area contributed by atoms with Gasteiger partial charge in [-0.25, -0.2) is 0 Å². The van der Waals surface area contributed by atoms with Crippen LogP contribution in [0.3, 0.4) is 0 Å². The van der Waals surface area contributed by atoms with Gasteiger partial charge in [-0.3, -0.25) is 9.59 Å².